The van der Waals surface area contributed by atoms with Gasteiger partial charge in [0.25, 0.3) is 0 Å². The smallest absolute Gasteiger partial charge is 0.146 e. The average molecular weight is 392 g/mol. The third kappa shape index (κ3) is 4.58. The molecule has 0 amide bonds. The van der Waals surface area contributed by atoms with E-state index in [1.54, 1.807) is 12.7 Å². The zero-order valence-corrected chi connectivity index (χ0v) is 17.8. The topological polar surface area (TPSA) is 53.2 Å². The first-order valence-corrected chi connectivity index (χ1v) is 11.2. The number of unbranched alkanes of at least 4 members (excludes halogenated alkanes) is 1. The van der Waals surface area contributed by atoms with E-state index in [-0.39, 0.29) is 0 Å². The molecule has 0 aromatic carbocycles. The number of nitrogens with zero attached hydrogens (tertiary/aromatic N) is 1. The lowest BCUT2D eigenvalue weighted by molar-refractivity contribution is 0.303. The number of aliphatic imine (C=N–C) groups is 1. The van der Waals surface area contributed by atoms with Gasteiger partial charge in [0, 0.05) is 23.7 Å². The van der Waals surface area contributed by atoms with Crippen LogP contribution in [0.1, 0.15) is 86.9 Å². The molecule has 0 saturated heterocycles. The van der Waals surface area contributed by atoms with E-state index in [1.807, 2.05) is 24.4 Å². The zero-order chi connectivity index (χ0) is 20.1. The number of hydrogen-bond acceptors (Lipinski definition) is 2. The van der Waals surface area contributed by atoms with Gasteiger partial charge in [-0.2, -0.15) is 0 Å². The van der Waals surface area contributed by atoms with Gasteiger partial charge < -0.3 is 14.7 Å². The van der Waals surface area contributed by atoms with E-state index in [0.29, 0.717) is 5.92 Å². The summed E-state index contributed by atoms with van der Waals surface area (Å²) in [6, 6.07) is 6.40. The number of allylic oxidation sites excluding steroid dienone is 1. The molecule has 0 radical (unpaired) electrons. The minimum absolute atomic E-state index is 0.686. The van der Waals surface area contributed by atoms with Gasteiger partial charge in [0.2, 0.25) is 0 Å². The van der Waals surface area contributed by atoms with E-state index < -0.39 is 0 Å². The number of aryl methyl sites for hydroxylation is 1. The number of aromatic nitrogens is 2. The molecule has 3 heterocycles. The Morgan fingerprint density at radius 2 is 2.14 bits per heavy atom. The van der Waals surface area contributed by atoms with Crippen molar-refractivity contribution in [2.75, 3.05) is 7.11 Å². The molecule has 2 aliphatic rings. The van der Waals surface area contributed by atoms with Crippen LogP contribution in [-0.2, 0) is 11.2 Å². The minimum Gasteiger partial charge on any atom is -0.494 e. The lowest BCUT2D eigenvalue weighted by Crippen LogP contribution is -2.01. The molecular weight excluding hydrogens is 358 g/mol. The fourth-order valence-corrected chi connectivity index (χ4v) is 4.59. The highest BCUT2D eigenvalue weighted by Crippen LogP contribution is 2.34. The van der Waals surface area contributed by atoms with E-state index in [9.17, 15) is 0 Å². The Morgan fingerprint density at radius 3 is 2.93 bits per heavy atom. The first-order chi connectivity index (χ1) is 14.3. The normalized spacial score (nSPS) is 21.2. The second-order valence-corrected chi connectivity index (χ2v) is 8.27. The van der Waals surface area contributed by atoms with Gasteiger partial charge in [0.1, 0.15) is 11.5 Å². The Morgan fingerprint density at radius 1 is 1.24 bits per heavy atom. The number of ether oxygens (including phenoxy) is 1. The quantitative estimate of drug-likeness (QED) is 0.580. The fourth-order valence-electron chi connectivity index (χ4n) is 4.59. The summed E-state index contributed by atoms with van der Waals surface area (Å²) in [4.78, 5) is 11.8. The molecule has 2 N–H and O–H groups in total. The molecule has 1 aliphatic heterocycles. The highest BCUT2D eigenvalue weighted by molar-refractivity contribution is 6.11. The van der Waals surface area contributed by atoms with Crippen LogP contribution in [0, 0.1) is 0 Å². The van der Waals surface area contributed by atoms with Crippen LogP contribution in [0.15, 0.2) is 46.9 Å². The maximum Gasteiger partial charge on any atom is 0.146 e. The Labute approximate surface area is 174 Å². The maximum absolute atomic E-state index is 5.61. The van der Waals surface area contributed by atoms with Gasteiger partial charge in [-0.25, -0.2) is 4.99 Å². The van der Waals surface area contributed by atoms with Crippen molar-refractivity contribution in [2.24, 2.45) is 4.99 Å². The third-order valence-electron chi connectivity index (χ3n) is 6.18. The van der Waals surface area contributed by atoms with Gasteiger partial charge in [-0.3, -0.25) is 0 Å². The van der Waals surface area contributed by atoms with Crippen molar-refractivity contribution in [3.63, 3.8) is 0 Å². The summed E-state index contributed by atoms with van der Waals surface area (Å²) in [5.74, 6) is 1.50. The molecule has 1 atom stereocenters. The zero-order valence-electron chi connectivity index (χ0n) is 17.8. The van der Waals surface area contributed by atoms with Crippen LogP contribution in [0.3, 0.4) is 0 Å². The number of H-pyrrole nitrogens is 2. The Bertz CT molecular complexity index is 899. The first kappa shape index (κ1) is 19.8. The summed E-state index contributed by atoms with van der Waals surface area (Å²) in [5, 5.41) is 0. The second kappa shape index (κ2) is 9.34. The summed E-state index contributed by atoms with van der Waals surface area (Å²) < 4.78 is 5.61. The van der Waals surface area contributed by atoms with Crippen molar-refractivity contribution in [1.82, 2.24) is 9.97 Å². The molecule has 0 spiro atoms. The maximum atomic E-state index is 5.61. The largest absolute Gasteiger partial charge is 0.494 e. The van der Waals surface area contributed by atoms with Crippen LogP contribution in [0.2, 0.25) is 0 Å². The Hall–Kier alpha value is -2.49. The fraction of sp³-hybridized carbons (Fsp3) is 0.480. The number of aromatic amines is 2. The van der Waals surface area contributed by atoms with E-state index in [2.05, 4.69) is 29.0 Å². The SMILES string of the molecule is CCCCC1CCCCCCc2[nH]c(C=C3N=C(c4ccc[nH]4)C=C3OC)cc21. The van der Waals surface area contributed by atoms with Crippen LogP contribution in [0.5, 0.6) is 0 Å². The van der Waals surface area contributed by atoms with E-state index >= 15 is 0 Å². The standard InChI is InChI=1S/C25H33N3O/c1-3-4-10-18-11-7-5-6-8-12-21-20(18)15-19(27-21)16-24-25(29-2)17-23(28-24)22-13-9-14-26-22/h9,13-18,26-27H,3-8,10-12H2,1-2H3. The lowest BCUT2D eigenvalue weighted by Gasteiger charge is -2.16. The first-order valence-electron chi connectivity index (χ1n) is 11.2. The van der Waals surface area contributed by atoms with E-state index in [1.165, 1.54) is 57.1 Å². The molecule has 4 heteroatoms. The molecule has 4 nitrogen and oxygen atoms in total. The molecule has 0 fully saturated rings. The number of rotatable bonds is 6. The molecule has 1 unspecified atom stereocenters. The van der Waals surface area contributed by atoms with Crippen molar-refractivity contribution in [1.29, 1.82) is 0 Å². The summed E-state index contributed by atoms with van der Waals surface area (Å²) in [6.45, 7) is 2.29. The molecule has 29 heavy (non-hydrogen) atoms. The van der Waals surface area contributed by atoms with Gasteiger partial charge >= 0.3 is 0 Å². The lowest BCUT2D eigenvalue weighted by atomic mass is 9.89. The molecule has 4 rings (SSSR count). The molecule has 0 saturated carbocycles. The second-order valence-electron chi connectivity index (χ2n) is 8.27. The van der Waals surface area contributed by atoms with Gasteiger partial charge in [-0.15, -0.1) is 0 Å². The third-order valence-corrected chi connectivity index (χ3v) is 6.18. The van der Waals surface area contributed by atoms with Crippen molar-refractivity contribution in [3.05, 3.63) is 64.6 Å². The van der Waals surface area contributed by atoms with Gasteiger partial charge in [0.15, 0.2) is 0 Å². The van der Waals surface area contributed by atoms with Crippen molar-refractivity contribution < 1.29 is 4.74 Å². The predicted molar refractivity (Wildman–Crippen MR) is 120 cm³/mol. The van der Waals surface area contributed by atoms with Gasteiger partial charge in [-0.1, -0.05) is 39.0 Å². The molecule has 2 aromatic rings. The number of nitrogens with one attached hydrogen (secondary N) is 2. The van der Waals surface area contributed by atoms with Gasteiger partial charge in [-0.05, 0) is 61.4 Å². The molecule has 2 aromatic heterocycles. The average Bonchev–Trinajstić information content (AvgIpc) is 3.46. The van der Waals surface area contributed by atoms with Crippen LogP contribution >= 0.6 is 0 Å². The number of hydrogen-bond donors (Lipinski definition) is 2. The van der Waals surface area contributed by atoms with Crippen LogP contribution < -0.4 is 0 Å². The Balaban J connectivity index is 1.64. The molecular formula is C25H33N3O. The number of fused-ring (bicyclic) bond motifs is 1. The van der Waals surface area contributed by atoms with Crippen molar-refractivity contribution in [3.8, 4) is 0 Å². The van der Waals surface area contributed by atoms with Gasteiger partial charge in [0.05, 0.1) is 18.5 Å². The van der Waals surface area contributed by atoms with E-state index in [0.717, 1.165) is 35.0 Å². The van der Waals surface area contributed by atoms with Crippen molar-refractivity contribution >= 4 is 11.8 Å². The molecule has 1 aliphatic carbocycles. The molecule has 0 bridgehead atoms. The summed E-state index contributed by atoms with van der Waals surface area (Å²) in [6.07, 6.45) is 17.8. The molecule has 154 valence electrons. The van der Waals surface area contributed by atoms with Crippen LogP contribution in [0.25, 0.3) is 6.08 Å². The summed E-state index contributed by atoms with van der Waals surface area (Å²) >= 11 is 0. The highest BCUT2D eigenvalue weighted by atomic mass is 16.5. The Kier molecular flexibility index (Phi) is 6.38. The summed E-state index contributed by atoms with van der Waals surface area (Å²) in [5.41, 5.74) is 6.94. The van der Waals surface area contributed by atoms with Crippen LogP contribution in [-0.4, -0.2) is 22.8 Å². The number of methoxy groups -OCH3 is 1. The predicted octanol–water partition coefficient (Wildman–Crippen LogP) is 6.50. The van der Waals surface area contributed by atoms with Crippen LogP contribution in [0.4, 0.5) is 0 Å². The monoisotopic (exact) mass is 391 g/mol. The minimum atomic E-state index is 0.686. The highest BCUT2D eigenvalue weighted by Gasteiger charge is 2.21. The van der Waals surface area contributed by atoms with Crippen molar-refractivity contribution in [2.45, 2.75) is 70.6 Å². The van der Waals surface area contributed by atoms with E-state index in [4.69, 9.17) is 9.73 Å². The summed E-state index contributed by atoms with van der Waals surface area (Å²) in [7, 11) is 1.71.